The average molecular weight is 1150 g/mol. The monoisotopic (exact) mass is 1150 g/mol. The number of aliphatic hydroxyl groups is 1. The lowest BCUT2D eigenvalue weighted by atomic mass is 9.86. The van der Waals surface area contributed by atoms with E-state index >= 15 is 0 Å². The van der Waals surface area contributed by atoms with E-state index in [1.165, 1.54) is 29.7 Å². The quantitative estimate of drug-likeness (QED) is 0.0117. The number of amides is 7. The fourth-order valence-electron chi connectivity index (χ4n) is 8.90. The normalized spacial score (nSPS) is 16.9. The summed E-state index contributed by atoms with van der Waals surface area (Å²) >= 11 is 0. The van der Waals surface area contributed by atoms with Crippen LogP contribution in [0.5, 0.6) is 0 Å². The van der Waals surface area contributed by atoms with E-state index in [-0.39, 0.29) is 132 Å². The largest absolute Gasteiger partial charge is 0.458 e. The second-order valence-corrected chi connectivity index (χ2v) is 20.8. The molecule has 2 aromatic heterocycles. The number of halogens is 1. The number of nitrogens with one attached hydrogen (secondary N) is 6. The van der Waals surface area contributed by atoms with Crippen LogP contribution in [0.1, 0.15) is 67.3 Å². The molecule has 3 aliphatic rings. The van der Waals surface area contributed by atoms with Gasteiger partial charge in [0.15, 0.2) is 5.60 Å². The molecule has 3 aliphatic heterocycles. The van der Waals surface area contributed by atoms with Crippen LogP contribution in [0, 0.1) is 12.7 Å². The van der Waals surface area contributed by atoms with Gasteiger partial charge in [0.05, 0.1) is 107 Å². The smallest absolute Gasteiger partial charge is 0.343 e. The highest BCUT2D eigenvalue weighted by molar-refractivity contribution is 7.89. The predicted molar refractivity (Wildman–Crippen MR) is 283 cm³/mol. The molecule has 81 heavy (non-hydrogen) atoms. The van der Waals surface area contributed by atoms with Gasteiger partial charge >= 0.3 is 5.97 Å². The molecule has 0 spiro atoms. The van der Waals surface area contributed by atoms with E-state index in [0.717, 1.165) is 4.90 Å². The van der Waals surface area contributed by atoms with E-state index in [1.54, 1.807) is 37.3 Å². The fraction of sp³-hybridized carbons (Fsp3) is 0.472. The second kappa shape index (κ2) is 28.2. The van der Waals surface area contributed by atoms with Crippen molar-refractivity contribution in [1.82, 2.24) is 45.8 Å². The summed E-state index contributed by atoms with van der Waals surface area (Å²) in [6, 6.07) is 11.7. The van der Waals surface area contributed by atoms with Gasteiger partial charge in [-0.2, -0.15) is 0 Å². The average Bonchev–Trinajstić information content (AvgIpc) is 2.26. The number of pyridine rings is 2. The van der Waals surface area contributed by atoms with Crippen molar-refractivity contribution in [2.24, 2.45) is 0 Å². The van der Waals surface area contributed by atoms with Gasteiger partial charge in [0.1, 0.15) is 25.2 Å². The lowest BCUT2D eigenvalue weighted by Crippen LogP contribution is -2.52. The summed E-state index contributed by atoms with van der Waals surface area (Å²) < 4.78 is 79.6. The lowest BCUT2D eigenvalue weighted by Gasteiger charge is -2.31. The molecule has 0 radical (unpaired) electrons. The number of nitrogens with zero attached hydrogens (tertiary/aromatic N) is 3. The summed E-state index contributed by atoms with van der Waals surface area (Å²) in [4.78, 5) is 119. The number of imide groups is 1. The summed E-state index contributed by atoms with van der Waals surface area (Å²) in [6.07, 6.45) is -1.32. The first kappa shape index (κ1) is 59.5. The molecule has 7 N–H and O–H groups in total. The van der Waals surface area contributed by atoms with E-state index in [9.17, 15) is 61.1 Å². The number of ether oxygens (including phenoxy) is 5. The molecule has 7 amide bonds. The number of aryl methyl sites for hydroxylation is 1. The Morgan fingerprint density at radius 1 is 0.840 bits per heavy atom. The molecular formula is C53H64FN9O17S. The number of sulfonamides is 1. The molecule has 26 nitrogen and oxygen atoms in total. The summed E-state index contributed by atoms with van der Waals surface area (Å²) in [6.45, 7) is 1.02. The highest BCUT2D eigenvalue weighted by Gasteiger charge is 2.45. The van der Waals surface area contributed by atoms with Gasteiger partial charge in [-0.05, 0) is 42.2 Å². The van der Waals surface area contributed by atoms with Crippen LogP contribution in [0.4, 0.5) is 4.39 Å². The van der Waals surface area contributed by atoms with Crippen LogP contribution in [0.3, 0.4) is 0 Å². The number of hydrogen-bond acceptors (Lipinski definition) is 18. The molecule has 28 heteroatoms. The minimum Gasteiger partial charge on any atom is -0.458 e. The van der Waals surface area contributed by atoms with Crippen molar-refractivity contribution in [2.45, 2.75) is 77.3 Å². The minimum absolute atomic E-state index is 0.0106. The number of esters is 1. The number of benzene rings is 2. The summed E-state index contributed by atoms with van der Waals surface area (Å²) in [5.74, 6) is -6.35. The van der Waals surface area contributed by atoms with Gasteiger partial charge in [-0.15, -0.1) is 0 Å². The molecule has 5 heterocycles. The molecule has 0 bridgehead atoms. The maximum Gasteiger partial charge on any atom is 0.343 e. The third-order valence-electron chi connectivity index (χ3n) is 13.4. The Hall–Kier alpha value is -7.60. The second-order valence-electron chi connectivity index (χ2n) is 18.9. The maximum atomic E-state index is 14.9. The number of carbonyl (C=O) groups excluding carboxylic acids is 8. The van der Waals surface area contributed by atoms with Gasteiger partial charge in [-0.1, -0.05) is 37.3 Å². The number of cyclic esters (lactones) is 1. The lowest BCUT2D eigenvalue weighted by molar-refractivity contribution is -0.172. The zero-order valence-corrected chi connectivity index (χ0v) is 45.3. The Kier molecular flexibility index (Phi) is 20.7. The van der Waals surface area contributed by atoms with Crippen molar-refractivity contribution in [3.63, 3.8) is 0 Å². The molecule has 2 aromatic carbocycles. The van der Waals surface area contributed by atoms with E-state index in [4.69, 9.17) is 25.1 Å². The number of hydrogen-bond donors (Lipinski definition) is 7. The fourth-order valence-corrected chi connectivity index (χ4v) is 9.75. The van der Waals surface area contributed by atoms with E-state index in [0.29, 0.717) is 22.1 Å². The van der Waals surface area contributed by atoms with Gasteiger partial charge in [0.2, 0.25) is 51.4 Å². The van der Waals surface area contributed by atoms with E-state index < -0.39 is 119 Å². The minimum atomic E-state index is -4.09. The SMILES string of the molecule is [3H]C1CC(=O)N(CCOCCOCCOCCC(=O)NCC(=O)NCC(=O)N[C@@H](Cc2ccccc2)C(=O)NCC(=O)NCOCCS(=O)(=O)NCc2c3c(nc4cc(F)c(C)cc24)-c2cc4c(c(=O)n2C3)COC(=O)[C@]4(O)CC)C1=O. The standard InChI is InChI=1S/C53H64FN9O17S/c1-3-53(73)38-23-42-49-36(29-63(42)51(71)37(38)30-80-52(53)72)35(34-21-32(2)39(54)24-40(34)61-49)25-59-81(74,75)20-19-79-31-58-45(66)27-57-50(70)41(22-33-7-5-4-6-8-33)60-46(67)28-56-44(65)26-55-43(64)11-13-76-15-17-78-18-16-77-14-12-62-47(68)9-10-48(62)69/h4-8,21,23-24,41,59,73H,3,9-20,22,25-31H2,1-2H3,(H,55,64)(H,56,65)(H,57,70)(H,58,66)(H,60,67)/t41-,53-/m0/s1/i9T/t9?,41-,53-. The van der Waals surface area contributed by atoms with Crippen molar-refractivity contribution in [3.8, 4) is 11.4 Å². The number of rotatable bonds is 31. The molecule has 436 valence electrons. The first-order chi connectivity index (χ1) is 39.2. The Labute approximate surface area is 465 Å². The van der Waals surface area contributed by atoms with Crippen LogP contribution in [-0.2, 0) is 104 Å². The van der Waals surface area contributed by atoms with Crippen LogP contribution in [-0.4, -0.2) is 166 Å². The van der Waals surface area contributed by atoms with Crippen molar-refractivity contribution in [2.75, 3.05) is 84.9 Å². The Balaban J connectivity index is 0.794. The Morgan fingerprint density at radius 2 is 1.52 bits per heavy atom. The number of fused-ring (bicyclic) bond motifs is 5. The Morgan fingerprint density at radius 3 is 2.23 bits per heavy atom. The molecule has 1 unspecified atom stereocenters. The van der Waals surface area contributed by atoms with Crippen LogP contribution >= 0.6 is 0 Å². The Bertz CT molecular complexity index is 3260. The zero-order chi connectivity index (χ0) is 59.1. The van der Waals surface area contributed by atoms with Crippen molar-refractivity contribution in [3.05, 3.63) is 98.1 Å². The third kappa shape index (κ3) is 16.1. The van der Waals surface area contributed by atoms with E-state index in [1.807, 2.05) is 0 Å². The first-order valence-corrected chi connectivity index (χ1v) is 27.6. The van der Waals surface area contributed by atoms with Gasteiger partial charge in [-0.3, -0.25) is 43.3 Å². The maximum absolute atomic E-state index is 14.9. The summed E-state index contributed by atoms with van der Waals surface area (Å²) in [5, 5.41) is 23.9. The molecule has 4 aromatic rings. The van der Waals surface area contributed by atoms with Crippen LogP contribution in [0.25, 0.3) is 22.3 Å². The zero-order valence-electron chi connectivity index (χ0n) is 45.5. The molecule has 0 saturated carbocycles. The molecule has 0 aliphatic carbocycles. The topological polar surface area (TPSA) is 347 Å². The van der Waals surface area contributed by atoms with Crippen LogP contribution in [0.15, 0.2) is 53.3 Å². The molecular weight excluding hydrogens is 1090 g/mol. The highest BCUT2D eigenvalue weighted by atomic mass is 32.2. The number of aromatic nitrogens is 2. The summed E-state index contributed by atoms with van der Waals surface area (Å²) in [5.41, 5.74) is 0.0284. The predicted octanol–water partition coefficient (Wildman–Crippen LogP) is -1.30. The first-order valence-electron chi connectivity index (χ1n) is 26.5. The van der Waals surface area contributed by atoms with Crippen molar-refractivity contribution in [1.29, 1.82) is 0 Å². The molecule has 1 saturated heterocycles. The van der Waals surface area contributed by atoms with Gasteiger partial charge in [-0.25, -0.2) is 27.3 Å². The van der Waals surface area contributed by atoms with E-state index in [2.05, 4.69) is 36.3 Å². The molecule has 3 atom stereocenters. The third-order valence-corrected chi connectivity index (χ3v) is 14.7. The number of likely N-dealkylation sites (tertiary alicyclic amines) is 1. The van der Waals surface area contributed by atoms with Gasteiger partial charge in [0.25, 0.3) is 5.56 Å². The van der Waals surface area contributed by atoms with Crippen LogP contribution in [0.2, 0.25) is 0 Å². The highest BCUT2D eigenvalue weighted by Crippen LogP contribution is 2.40. The number of carbonyl (C=O) groups is 8. The van der Waals surface area contributed by atoms with Gasteiger partial charge < -0.3 is 59.9 Å². The van der Waals surface area contributed by atoms with Crippen molar-refractivity contribution >= 4 is 68.2 Å². The van der Waals surface area contributed by atoms with Gasteiger partial charge in [0, 0.05) is 56.2 Å². The van der Waals surface area contributed by atoms with Crippen molar-refractivity contribution < 1.29 is 81.3 Å². The molecule has 7 rings (SSSR count). The summed E-state index contributed by atoms with van der Waals surface area (Å²) in [7, 11) is -4.09. The van der Waals surface area contributed by atoms with Crippen LogP contribution < -0.4 is 36.9 Å². The molecule has 1 fully saturated rings.